The van der Waals surface area contributed by atoms with Crippen molar-refractivity contribution >= 4 is 23.1 Å². The average molecular weight is 396 g/mol. The van der Waals surface area contributed by atoms with Crippen molar-refractivity contribution in [2.75, 3.05) is 0 Å². The van der Waals surface area contributed by atoms with Gasteiger partial charge in [-0.1, -0.05) is 42.5 Å². The van der Waals surface area contributed by atoms with Gasteiger partial charge >= 0.3 is 6.18 Å². The number of hydrogen-bond acceptors (Lipinski definition) is 4. The number of aromatic hydroxyl groups is 1. The van der Waals surface area contributed by atoms with Crippen LogP contribution in [0, 0.1) is 5.92 Å². The number of nitrogens with one attached hydrogen (secondary N) is 2. The second-order valence-corrected chi connectivity index (χ2v) is 6.55. The van der Waals surface area contributed by atoms with Gasteiger partial charge in [0.2, 0.25) is 5.72 Å². The first kappa shape index (κ1) is 19.1. The van der Waals surface area contributed by atoms with Crippen LogP contribution in [0.5, 0.6) is 5.75 Å². The molecule has 0 amide bonds. The third-order valence-corrected chi connectivity index (χ3v) is 4.62. The molecule has 0 saturated carbocycles. The Morgan fingerprint density at radius 3 is 2.22 bits per heavy atom. The zero-order valence-corrected chi connectivity index (χ0v) is 14.5. The number of aliphatic hydroxyl groups is 1. The highest BCUT2D eigenvalue weighted by atomic mass is 32.1. The first-order chi connectivity index (χ1) is 12.6. The molecule has 27 heavy (non-hydrogen) atoms. The van der Waals surface area contributed by atoms with E-state index in [1.807, 2.05) is 5.32 Å². The topological polar surface area (TPSA) is 81.6 Å². The van der Waals surface area contributed by atoms with Crippen LogP contribution in [-0.4, -0.2) is 33.0 Å². The highest BCUT2D eigenvalue weighted by Gasteiger charge is 2.65. The summed E-state index contributed by atoms with van der Waals surface area (Å²) in [4.78, 5) is 13.0. The lowest BCUT2D eigenvalue weighted by atomic mass is 9.77. The van der Waals surface area contributed by atoms with Crippen LogP contribution < -0.4 is 10.6 Å². The number of thiocarbonyl (C=S) groups is 1. The fourth-order valence-electron chi connectivity index (χ4n) is 3.08. The van der Waals surface area contributed by atoms with Gasteiger partial charge in [0.1, 0.15) is 11.7 Å². The number of carbonyl (C=O) groups is 1. The van der Waals surface area contributed by atoms with Gasteiger partial charge in [0, 0.05) is 5.56 Å². The van der Waals surface area contributed by atoms with Crippen LogP contribution in [0.2, 0.25) is 0 Å². The molecule has 4 N–H and O–H groups in total. The number of Topliss-reactive ketones (excluding diaryl/α,β-unsaturated/α-hetero) is 1. The van der Waals surface area contributed by atoms with Gasteiger partial charge in [0.05, 0.1) is 6.04 Å². The van der Waals surface area contributed by atoms with E-state index in [0.29, 0.717) is 0 Å². The second kappa shape index (κ2) is 6.82. The molecule has 0 bridgehead atoms. The number of hydrogen-bond donors (Lipinski definition) is 4. The maximum absolute atomic E-state index is 13.8. The molecule has 2 aromatic rings. The first-order valence-corrected chi connectivity index (χ1v) is 8.30. The van der Waals surface area contributed by atoms with E-state index >= 15 is 0 Å². The molecule has 2 aromatic carbocycles. The van der Waals surface area contributed by atoms with Crippen molar-refractivity contribution in [2.24, 2.45) is 5.92 Å². The van der Waals surface area contributed by atoms with Crippen LogP contribution in [0.3, 0.4) is 0 Å². The minimum atomic E-state index is -5.18. The molecule has 1 aliphatic heterocycles. The van der Waals surface area contributed by atoms with Gasteiger partial charge in [-0.05, 0) is 29.9 Å². The second-order valence-electron chi connectivity index (χ2n) is 6.14. The summed E-state index contributed by atoms with van der Waals surface area (Å²) in [5.41, 5.74) is -3.29. The summed E-state index contributed by atoms with van der Waals surface area (Å²) in [6.07, 6.45) is -5.18. The SMILES string of the molecule is O=C(c1ccccc1)[C@H]1[C@H](c2ccc(O)cc2)NC(=S)N[C@]1(O)C(F)(F)F. The molecule has 5 nitrogen and oxygen atoms in total. The average Bonchev–Trinajstić information content (AvgIpc) is 2.61. The lowest BCUT2D eigenvalue weighted by molar-refractivity contribution is -0.285. The largest absolute Gasteiger partial charge is 0.508 e. The maximum atomic E-state index is 13.8. The zero-order valence-electron chi connectivity index (χ0n) is 13.7. The van der Waals surface area contributed by atoms with E-state index < -0.39 is 34.8 Å². The van der Waals surface area contributed by atoms with Crippen molar-refractivity contribution in [1.29, 1.82) is 0 Å². The van der Waals surface area contributed by atoms with Crippen molar-refractivity contribution in [2.45, 2.75) is 17.9 Å². The number of phenols is 1. The first-order valence-electron chi connectivity index (χ1n) is 7.89. The van der Waals surface area contributed by atoms with E-state index in [9.17, 15) is 28.2 Å². The van der Waals surface area contributed by atoms with Crippen molar-refractivity contribution in [1.82, 2.24) is 10.6 Å². The Balaban J connectivity index is 2.15. The van der Waals surface area contributed by atoms with Gasteiger partial charge in [0.25, 0.3) is 0 Å². The fourth-order valence-corrected chi connectivity index (χ4v) is 3.36. The van der Waals surface area contributed by atoms with Crippen LogP contribution in [-0.2, 0) is 0 Å². The molecule has 0 spiro atoms. The summed E-state index contributed by atoms with van der Waals surface area (Å²) >= 11 is 4.84. The Kier molecular flexibility index (Phi) is 4.83. The number of halogens is 3. The molecule has 1 saturated heterocycles. The minimum Gasteiger partial charge on any atom is -0.508 e. The van der Waals surface area contributed by atoms with Crippen LogP contribution in [0.15, 0.2) is 54.6 Å². The summed E-state index contributed by atoms with van der Waals surface area (Å²) in [7, 11) is 0. The highest BCUT2D eigenvalue weighted by Crippen LogP contribution is 2.44. The summed E-state index contributed by atoms with van der Waals surface area (Å²) in [5.74, 6) is -2.96. The number of rotatable bonds is 3. The standard InChI is InChI=1S/C18H15F3N2O3S/c19-18(20,21)17(26)13(15(25)11-4-2-1-3-5-11)14(22-16(27)23-17)10-6-8-12(24)9-7-10/h1-9,13-14,24,26H,(H2,22,23,27)/t13-,14+,17-/m1/s1. The summed E-state index contributed by atoms with van der Waals surface area (Å²) in [6.45, 7) is 0. The lowest BCUT2D eigenvalue weighted by Crippen LogP contribution is -2.72. The smallest absolute Gasteiger partial charge is 0.437 e. The van der Waals surface area contributed by atoms with E-state index in [0.717, 1.165) is 0 Å². The minimum absolute atomic E-state index is 0.0189. The van der Waals surface area contributed by atoms with Crippen molar-refractivity contribution in [3.63, 3.8) is 0 Å². The monoisotopic (exact) mass is 396 g/mol. The molecule has 142 valence electrons. The lowest BCUT2D eigenvalue weighted by Gasteiger charge is -2.46. The van der Waals surface area contributed by atoms with Crippen molar-refractivity contribution in [3.8, 4) is 5.75 Å². The Labute approximate surface area is 157 Å². The predicted molar refractivity (Wildman–Crippen MR) is 95.0 cm³/mol. The summed E-state index contributed by atoms with van der Waals surface area (Å²) in [6, 6.07) is 11.4. The Bertz CT molecular complexity index is 858. The number of benzene rings is 2. The molecule has 3 atom stereocenters. The van der Waals surface area contributed by atoms with E-state index in [2.05, 4.69) is 5.32 Å². The van der Waals surface area contributed by atoms with Crippen LogP contribution in [0.25, 0.3) is 0 Å². The van der Waals surface area contributed by atoms with E-state index in [1.165, 1.54) is 48.5 Å². The van der Waals surface area contributed by atoms with Gasteiger partial charge in [0.15, 0.2) is 10.9 Å². The number of carbonyl (C=O) groups excluding carboxylic acids is 1. The molecule has 3 rings (SSSR count). The molecule has 0 aromatic heterocycles. The number of ketones is 1. The third-order valence-electron chi connectivity index (χ3n) is 4.40. The predicted octanol–water partition coefficient (Wildman–Crippen LogP) is 2.66. The Morgan fingerprint density at radius 2 is 1.67 bits per heavy atom. The normalized spacial score (nSPS) is 25.4. The van der Waals surface area contributed by atoms with Crippen LogP contribution in [0.1, 0.15) is 22.0 Å². The number of phenolic OH excluding ortho intramolecular Hbond substituents is 1. The molecule has 1 fully saturated rings. The van der Waals surface area contributed by atoms with Gasteiger partial charge < -0.3 is 20.8 Å². The quantitative estimate of drug-likeness (QED) is 0.472. The summed E-state index contributed by atoms with van der Waals surface area (Å²) < 4.78 is 41.4. The van der Waals surface area contributed by atoms with Gasteiger partial charge in [-0.25, -0.2) is 0 Å². The van der Waals surface area contributed by atoms with Crippen molar-refractivity contribution < 1.29 is 28.2 Å². The molecule has 0 aliphatic carbocycles. The van der Waals surface area contributed by atoms with E-state index in [-0.39, 0.29) is 16.9 Å². The van der Waals surface area contributed by atoms with Crippen molar-refractivity contribution in [3.05, 3.63) is 65.7 Å². The molecule has 1 aliphatic rings. The number of alkyl halides is 3. The van der Waals surface area contributed by atoms with Crippen LogP contribution >= 0.6 is 12.2 Å². The molecular weight excluding hydrogens is 381 g/mol. The molecule has 0 radical (unpaired) electrons. The van der Waals surface area contributed by atoms with E-state index in [4.69, 9.17) is 12.2 Å². The van der Waals surface area contributed by atoms with Gasteiger partial charge in [-0.15, -0.1) is 0 Å². The highest BCUT2D eigenvalue weighted by molar-refractivity contribution is 7.80. The fraction of sp³-hybridized carbons (Fsp3) is 0.222. The Morgan fingerprint density at radius 1 is 1.07 bits per heavy atom. The van der Waals surface area contributed by atoms with Gasteiger partial charge in [-0.2, -0.15) is 13.2 Å². The Hall–Kier alpha value is -2.65. The zero-order chi connectivity index (χ0) is 19.8. The molecule has 0 unspecified atom stereocenters. The van der Waals surface area contributed by atoms with E-state index in [1.54, 1.807) is 6.07 Å². The van der Waals surface area contributed by atoms with Gasteiger partial charge in [-0.3, -0.25) is 4.79 Å². The summed E-state index contributed by atoms with van der Waals surface area (Å²) in [5, 5.41) is 24.0. The molecule has 1 heterocycles. The van der Waals surface area contributed by atoms with Crippen LogP contribution in [0.4, 0.5) is 13.2 Å². The molecule has 9 heteroatoms. The molecular formula is C18H15F3N2O3S. The maximum Gasteiger partial charge on any atom is 0.437 e. The third kappa shape index (κ3) is 3.47.